The second-order valence-electron chi connectivity index (χ2n) is 3.53. The maximum Gasteiger partial charge on any atom is 0.144 e. The van der Waals surface area contributed by atoms with Crippen LogP contribution in [0.15, 0.2) is 12.3 Å². The van der Waals surface area contributed by atoms with Crippen LogP contribution in [0.2, 0.25) is 5.02 Å². The molecule has 0 aromatic carbocycles. The Hall–Kier alpha value is -0.880. The first-order valence-corrected chi connectivity index (χ1v) is 5.60. The maximum absolute atomic E-state index is 8.92. The fourth-order valence-corrected chi connectivity index (χ4v) is 1.56. The number of aliphatic hydroxyl groups is 1. The first-order valence-electron chi connectivity index (χ1n) is 5.22. The fourth-order valence-electron chi connectivity index (χ4n) is 1.30. The van der Waals surface area contributed by atoms with E-state index in [1.54, 1.807) is 26.5 Å². The van der Waals surface area contributed by atoms with Gasteiger partial charge >= 0.3 is 0 Å². The Balaban J connectivity index is 2.56. The third-order valence-electron chi connectivity index (χ3n) is 2.26. The van der Waals surface area contributed by atoms with E-state index in [9.17, 15) is 0 Å². The van der Waals surface area contributed by atoms with Crippen LogP contribution < -0.4 is 5.32 Å². The van der Waals surface area contributed by atoms with E-state index in [-0.39, 0.29) is 12.7 Å². The molecular formula is C11H17ClN2O3. The van der Waals surface area contributed by atoms with Gasteiger partial charge in [-0.2, -0.15) is 0 Å². The Kier molecular flexibility index (Phi) is 6.21. The van der Waals surface area contributed by atoms with E-state index < -0.39 is 0 Å². The average molecular weight is 261 g/mol. The number of rotatable bonds is 7. The van der Waals surface area contributed by atoms with Gasteiger partial charge in [0.15, 0.2) is 0 Å². The number of aliphatic hydroxyl groups excluding tert-OH is 1. The van der Waals surface area contributed by atoms with Crippen LogP contribution in [-0.4, -0.2) is 43.6 Å². The number of pyridine rings is 1. The minimum Gasteiger partial charge on any atom is -0.392 e. The van der Waals surface area contributed by atoms with Gasteiger partial charge in [0.05, 0.1) is 24.3 Å². The van der Waals surface area contributed by atoms with E-state index in [0.717, 1.165) is 0 Å². The standard InChI is InChI=1S/C11H17ClN2O3/c1-16-7-9(17-2)5-14-11-10(12)3-8(6-15)4-13-11/h3-4,9,15H,5-7H2,1-2H3,(H,13,14). The Morgan fingerprint density at radius 1 is 1.53 bits per heavy atom. The number of ether oxygens (including phenoxy) is 2. The molecule has 1 atom stereocenters. The summed E-state index contributed by atoms with van der Waals surface area (Å²) < 4.78 is 10.2. The van der Waals surface area contributed by atoms with Gasteiger partial charge in [0.2, 0.25) is 0 Å². The number of methoxy groups -OCH3 is 2. The highest BCUT2D eigenvalue weighted by Gasteiger charge is 2.09. The van der Waals surface area contributed by atoms with Crippen LogP contribution in [-0.2, 0) is 16.1 Å². The largest absolute Gasteiger partial charge is 0.392 e. The summed E-state index contributed by atoms with van der Waals surface area (Å²) in [5.74, 6) is 0.571. The summed E-state index contributed by atoms with van der Waals surface area (Å²) in [6.07, 6.45) is 1.52. The molecule has 1 heterocycles. The maximum atomic E-state index is 8.92. The molecule has 1 aromatic heterocycles. The van der Waals surface area contributed by atoms with Crippen molar-refractivity contribution in [1.29, 1.82) is 0 Å². The zero-order valence-corrected chi connectivity index (χ0v) is 10.7. The van der Waals surface area contributed by atoms with Crippen LogP contribution in [0.1, 0.15) is 5.56 Å². The number of hydrogen-bond donors (Lipinski definition) is 2. The lowest BCUT2D eigenvalue weighted by Gasteiger charge is -2.16. The second kappa shape index (κ2) is 7.45. The van der Waals surface area contributed by atoms with Crippen LogP contribution >= 0.6 is 11.6 Å². The minimum absolute atomic E-state index is 0.0598. The number of nitrogens with one attached hydrogen (secondary N) is 1. The molecule has 0 aliphatic carbocycles. The highest BCUT2D eigenvalue weighted by atomic mass is 35.5. The van der Waals surface area contributed by atoms with E-state index >= 15 is 0 Å². The Labute approximate surface area is 106 Å². The summed E-state index contributed by atoms with van der Waals surface area (Å²) in [6.45, 7) is 0.975. The molecule has 0 bridgehead atoms. The van der Waals surface area contributed by atoms with Gasteiger partial charge in [-0.3, -0.25) is 0 Å². The lowest BCUT2D eigenvalue weighted by molar-refractivity contribution is 0.0365. The molecule has 0 spiro atoms. The smallest absolute Gasteiger partial charge is 0.144 e. The summed E-state index contributed by atoms with van der Waals surface area (Å²) in [6, 6.07) is 1.68. The summed E-state index contributed by atoms with van der Waals surface area (Å²) in [7, 11) is 3.24. The van der Waals surface area contributed by atoms with Gasteiger partial charge in [0.1, 0.15) is 5.82 Å². The lowest BCUT2D eigenvalue weighted by Crippen LogP contribution is -2.27. The number of aromatic nitrogens is 1. The number of anilines is 1. The van der Waals surface area contributed by atoms with Crippen LogP contribution in [0.25, 0.3) is 0 Å². The quantitative estimate of drug-likeness (QED) is 0.774. The molecule has 0 saturated carbocycles. The van der Waals surface area contributed by atoms with Crippen LogP contribution in [0, 0.1) is 0 Å². The Bertz CT molecular complexity index is 349. The van der Waals surface area contributed by atoms with Gasteiger partial charge in [-0.1, -0.05) is 11.6 Å². The van der Waals surface area contributed by atoms with Crippen molar-refractivity contribution in [3.05, 3.63) is 22.8 Å². The average Bonchev–Trinajstić information content (AvgIpc) is 2.35. The normalized spacial score (nSPS) is 12.5. The summed E-state index contributed by atoms with van der Waals surface area (Å²) in [4.78, 5) is 4.12. The highest BCUT2D eigenvalue weighted by molar-refractivity contribution is 6.32. The van der Waals surface area contributed by atoms with Gasteiger partial charge in [0, 0.05) is 27.0 Å². The van der Waals surface area contributed by atoms with Gasteiger partial charge in [0.25, 0.3) is 0 Å². The van der Waals surface area contributed by atoms with Gasteiger partial charge in [-0.15, -0.1) is 0 Å². The van der Waals surface area contributed by atoms with Crippen LogP contribution in [0.4, 0.5) is 5.82 Å². The van der Waals surface area contributed by atoms with E-state index in [1.807, 2.05) is 0 Å². The molecule has 0 amide bonds. The predicted octanol–water partition coefficient (Wildman–Crippen LogP) is 1.30. The van der Waals surface area contributed by atoms with Crippen LogP contribution in [0.5, 0.6) is 0 Å². The molecule has 17 heavy (non-hydrogen) atoms. The van der Waals surface area contributed by atoms with E-state index in [4.69, 9.17) is 26.2 Å². The third kappa shape index (κ3) is 4.47. The molecule has 96 valence electrons. The molecule has 1 unspecified atom stereocenters. The molecule has 6 heteroatoms. The van der Waals surface area contributed by atoms with Gasteiger partial charge < -0.3 is 19.9 Å². The van der Waals surface area contributed by atoms with Crippen molar-refractivity contribution in [2.75, 3.05) is 32.7 Å². The Morgan fingerprint density at radius 3 is 2.82 bits per heavy atom. The van der Waals surface area contributed by atoms with Crippen molar-refractivity contribution < 1.29 is 14.6 Å². The van der Waals surface area contributed by atoms with Crippen molar-refractivity contribution in [3.8, 4) is 0 Å². The fraction of sp³-hybridized carbons (Fsp3) is 0.545. The van der Waals surface area contributed by atoms with Crippen molar-refractivity contribution in [3.63, 3.8) is 0 Å². The predicted molar refractivity (Wildman–Crippen MR) is 66.3 cm³/mol. The van der Waals surface area contributed by atoms with Crippen molar-refractivity contribution in [2.24, 2.45) is 0 Å². The minimum atomic E-state index is -0.0721. The molecular weight excluding hydrogens is 244 g/mol. The number of nitrogens with zero attached hydrogens (tertiary/aromatic N) is 1. The van der Waals surface area contributed by atoms with E-state index in [0.29, 0.717) is 29.6 Å². The molecule has 0 saturated heterocycles. The second-order valence-corrected chi connectivity index (χ2v) is 3.93. The number of halogens is 1. The zero-order valence-electron chi connectivity index (χ0n) is 9.94. The molecule has 0 fully saturated rings. The lowest BCUT2D eigenvalue weighted by atomic mass is 10.3. The van der Waals surface area contributed by atoms with Crippen LogP contribution in [0.3, 0.4) is 0 Å². The SMILES string of the molecule is COCC(CNc1ncc(CO)cc1Cl)OC. The van der Waals surface area contributed by atoms with Crippen molar-refractivity contribution >= 4 is 17.4 Å². The molecule has 0 radical (unpaired) electrons. The zero-order chi connectivity index (χ0) is 12.7. The molecule has 2 N–H and O–H groups in total. The molecule has 0 aliphatic rings. The first kappa shape index (κ1) is 14.2. The van der Waals surface area contributed by atoms with Gasteiger partial charge in [-0.25, -0.2) is 4.98 Å². The summed E-state index contributed by atoms with van der Waals surface area (Å²) >= 11 is 6.00. The third-order valence-corrected chi connectivity index (χ3v) is 2.55. The van der Waals surface area contributed by atoms with E-state index in [2.05, 4.69) is 10.3 Å². The van der Waals surface area contributed by atoms with E-state index in [1.165, 1.54) is 0 Å². The van der Waals surface area contributed by atoms with Gasteiger partial charge in [-0.05, 0) is 11.6 Å². The molecule has 1 rings (SSSR count). The number of hydrogen-bond acceptors (Lipinski definition) is 5. The van der Waals surface area contributed by atoms with Crippen molar-refractivity contribution in [2.45, 2.75) is 12.7 Å². The highest BCUT2D eigenvalue weighted by Crippen LogP contribution is 2.20. The monoisotopic (exact) mass is 260 g/mol. The first-order chi connectivity index (χ1) is 8.21. The summed E-state index contributed by atoms with van der Waals surface area (Å²) in [5.41, 5.74) is 0.681. The van der Waals surface area contributed by atoms with Crippen molar-refractivity contribution in [1.82, 2.24) is 4.98 Å². The Morgan fingerprint density at radius 2 is 2.29 bits per heavy atom. The molecule has 1 aromatic rings. The topological polar surface area (TPSA) is 63.6 Å². The molecule has 5 nitrogen and oxygen atoms in total. The summed E-state index contributed by atoms with van der Waals surface area (Å²) in [5, 5.41) is 12.5. The molecule has 0 aliphatic heterocycles.